The van der Waals surface area contributed by atoms with Gasteiger partial charge in [-0.2, -0.15) is 0 Å². The molecule has 0 aliphatic rings. The third kappa shape index (κ3) is 5.09. The van der Waals surface area contributed by atoms with Crippen molar-refractivity contribution in [2.75, 3.05) is 19.4 Å². The fourth-order valence-corrected chi connectivity index (χ4v) is 3.13. The number of benzene rings is 2. The van der Waals surface area contributed by atoms with Crippen molar-refractivity contribution in [3.8, 4) is 5.75 Å². The summed E-state index contributed by atoms with van der Waals surface area (Å²) in [6.45, 7) is 2.87. The molecule has 6 heteroatoms. The van der Waals surface area contributed by atoms with Crippen molar-refractivity contribution in [3.63, 3.8) is 0 Å². The molecule has 0 saturated heterocycles. The Morgan fingerprint density at radius 3 is 2.58 bits per heavy atom. The van der Waals surface area contributed by atoms with Gasteiger partial charge in [0.15, 0.2) is 9.84 Å². The van der Waals surface area contributed by atoms with Gasteiger partial charge in [-0.25, -0.2) is 8.42 Å². The Kier molecular flexibility index (Phi) is 5.98. The summed E-state index contributed by atoms with van der Waals surface area (Å²) in [6, 6.07) is 13.9. The Morgan fingerprint density at radius 2 is 1.88 bits per heavy atom. The molecule has 0 atom stereocenters. The van der Waals surface area contributed by atoms with Crippen LogP contribution in [0.2, 0.25) is 0 Å². The molecule has 24 heavy (non-hydrogen) atoms. The van der Waals surface area contributed by atoms with Crippen molar-refractivity contribution in [2.24, 2.45) is 0 Å². The molecule has 2 rings (SSSR count). The molecule has 0 fully saturated rings. The van der Waals surface area contributed by atoms with Crippen LogP contribution in [0.5, 0.6) is 5.75 Å². The van der Waals surface area contributed by atoms with Gasteiger partial charge < -0.3 is 10.1 Å². The summed E-state index contributed by atoms with van der Waals surface area (Å²) in [6.07, 6.45) is 1.72. The molecule has 5 nitrogen and oxygen atoms in total. The minimum atomic E-state index is -3.44. The second kappa shape index (κ2) is 7.97. The minimum absolute atomic E-state index is 0.0403. The second-order valence-electron chi connectivity index (χ2n) is 5.54. The molecule has 0 spiro atoms. The molecule has 1 N–H and O–H groups in total. The number of nitrogens with one attached hydrogen (secondary N) is 1. The van der Waals surface area contributed by atoms with Gasteiger partial charge in [-0.05, 0) is 43.2 Å². The predicted molar refractivity (Wildman–Crippen MR) is 93.2 cm³/mol. The van der Waals surface area contributed by atoms with Gasteiger partial charge in [0.2, 0.25) is 0 Å². The van der Waals surface area contributed by atoms with E-state index in [2.05, 4.69) is 5.32 Å². The quantitative estimate of drug-likeness (QED) is 0.782. The first-order valence-electron chi connectivity index (χ1n) is 7.64. The molecule has 2 aromatic carbocycles. The van der Waals surface area contributed by atoms with Gasteiger partial charge in [0.25, 0.3) is 5.91 Å². The summed E-state index contributed by atoms with van der Waals surface area (Å²) in [5.41, 5.74) is 1.29. The molecular formula is C18H21NO4S. The number of ether oxygens (including phenoxy) is 1. The smallest absolute Gasteiger partial charge is 0.252 e. The van der Waals surface area contributed by atoms with Crippen molar-refractivity contribution in [3.05, 3.63) is 59.7 Å². The molecule has 0 heterocycles. The molecule has 0 aliphatic heterocycles. The average molecular weight is 347 g/mol. The van der Waals surface area contributed by atoms with E-state index in [0.717, 1.165) is 17.6 Å². The van der Waals surface area contributed by atoms with Crippen molar-refractivity contribution >= 4 is 15.7 Å². The SMILES string of the molecule is Cc1cccc(OCCCNC(=O)c2ccccc2S(C)(=O)=O)c1. The highest BCUT2D eigenvalue weighted by molar-refractivity contribution is 7.90. The lowest BCUT2D eigenvalue weighted by molar-refractivity contribution is 0.0948. The number of aryl methyl sites for hydroxylation is 1. The first-order chi connectivity index (χ1) is 11.4. The highest BCUT2D eigenvalue weighted by Gasteiger charge is 2.17. The van der Waals surface area contributed by atoms with Crippen LogP contribution in [0, 0.1) is 6.92 Å². The van der Waals surface area contributed by atoms with Gasteiger partial charge in [0.05, 0.1) is 17.1 Å². The third-order valence-electron chi connectivity index (χ3n) is 3.40. The number of carbonyl (C=O) groups excluding carboxylic acids is 1. The van der Waals surface area contributed by atoms with Crippen LogP contribution in [0.1, 0.15) is 22.3 Å². The molecule has 0 unspecified atom stereocenters. The van der Waals surface area contributed by atoms with Crippen LogP contribution in [-0.4, -0.2) is 33.7 Å². The van der Waals surface area contributed by atoms with Crippen LogP contribution >= 0.6 is 0 Å². The topological polar surface area (TPSA) is 72.5 Å². The number of sulfone groups is 1. The Hall–Kier alpha value is -2.34. The van der Waals surface area contributed by atoms with Crippen LogP contribution < -0.4 is 10.1 Å². The molecule has 0 aromatic heterocycles. The van der Waals surface area contributed by atoms with Gasteiger partial charge in [-0.15, -0.1) is 0 Å². The molecule has 1 amide bonds. The van der Waals surface area contributed by atoms with E-state index in [9.17, 15) is 13.2 Å². The van der Waals surface area contributed by atoms with Crippen LogP contribution in [0.25, 0.3) is 0 Å². The fraction of sp³-hybridized carbons (Fsp3) is 0.278. The zero-order valence-electron chi connectivity index (χ0n) is 13.8. The summed E-state index contributed by atoms with van der Waals surface area (Å²) in [4.78, 5) is 12.2. The maximum atomic E-state index is 12.2. The van der Waals surface area contributed by atoms with E-state index in [0.29, 0.717) is 19.6 Å². The van der Waals surface area contributed by atoms with Gasteiger partial charge in [-0.1, -0.05) is 24.3 Å². The lowest BCUT2D eigenvalue weighted by Crippen LogP contribution is -2.27. The Balaban J connectivity index is 1.84. The van der Waals surface area contributed by atoms with E-state index in [1.807, 2.05) is 31.2 Å². The highest BCUT2D eigenvalue weighted by Crippen LogP contribution is 2.15. The van der Waals surface area contributed by atoms with Gasteiger partial charge in [0, 0.05) is 12.8 Å². The van der Waals surface area contributed by atoms with Gasteiger partial charge >= 0.3 is 0 Å². The summed E-state index contributed by atoms with van der Waals surface area (Å²) in [7, 11) is -3.44. The van der Waals surface area contributed by atoms with E-state index in [4.69, 9.17) is 4.74 Å². The molecule has 0 saturated carbocycles. The molecular weight excluding hydrogens is 326 g/mol. The number of hydrogen-bond acceptors (Lipinski definition) is 4. The minimum Gasteiger partial charge on any atom is -0.494 e. The Labute approximate surface area is 142 Å². The number of hydrogen-bond donors (Lipinski definition) is 1. The molecule has 0 bridgehead atoms. The van der Waals surface area contributed by atoms with E-state index in [1.54, 1.807) is 12.1 Å². The normalized spacial score (nSPS) is 11.1. The number of carbonyl (C=O) groups is 1. The number of amides is 1. The van der Waals surface area contributed by atoms with Crippen molar-refractivity contribution in [1.82, 2.24) is 5.32 Å². The van der Waals surface area contributed by atoms with E-state index < -0.39 is 15.7 Å². The summed E-state index contributed by atoms with van der Waals surface area (Å²) in [5, 5.41) is 2.73. The third-order valence-corrected chi connectivity index (χ3v) is 4.55. The van der Waals surface area contributed by atoms with Gasteiger partial charge in [0.1, 0.15) is 5.75 Å². The van der Waals surface area contributed by atoms with Crippen LogP contribution in [0.4, 0.5) is 0 Å². The maximum Gasteiger partial charge on any atom is 0.252 e. The summed E-state index contributed by atoms with van der Waals surface area (Å²) < 4.78 is 29.0. The fourth-order valence-electron chi connectivity index (χ4n) is 2.24. The number of rotatable bonds is 7. The Morgan fingerprint density at radius 1 is 1.12 bits per heavy atom. The van der Waals surface area contributed by atoms with E-state index >= 15 is 0 Å². The van der Waals surface area contributed by atoms with Crippen LogP contribution in [-0.2, 0) is 9.84 Å². The lowest BCUT2D eigenvalue weighted by atomic mass is 10.2. The van der Waals surface area contributed by atoms with E-state index in [1.165, 1.54) is 12.1 Å². The maximum absolute atomic E-state index is 12.2. The van der Waals surface area contributed by atoms with E-state index in [-0.39, 0.29) is 10.5 Å². The second-order valence-corrected chi connectivity index (χ2v) is 7.53. The summed E-state index contributed by atoms with van der Waals surface area (Å²) in [5.74, 6) is 0.398. The summed E-state index contributed by atoms with van der Waals surface area (Å²) >= 11 is 0. The largest absolute Gasteiger partial charge is 0.494 e. The standard InChI is InChI=1S/C18H21NO4S/c1-14-7-5-8-15(13-14)23-12-6-11-19-18(20)16-9-3-4-10-17(16)24(2,21)22/h3-5,7-10,13H,6,11-12H2,1-2H3,(H,19,20). The van der Waals surface area contributed by atoms with Crippen molar-refractivity contribution < 1.29 is 17.9 Å². The van der Waals surface area contributed by atoms with Crippen LogP contribution in [0.3, 0.4) is 0 Å². The Bertz CT molecular complexity index is 815. The zero-order valence-corrected chi connectivity index (χ0v) is 14.6. The first kappa shape index (κ1) is 18.0. The van der Waals surface area contributed by atoms with Crippen molar-refractivity contribution in [1.29, 1.82) is 0 Å². The monoisotopic (exact) mass is 347 g/mol. The first-order valence-corrected chi connectivity index (χ1v) is 9.54. The van der Waals surface area contributed by atoms with Crippen LogP contribution in [0.15, 0.2) is 53.4 Å². The lowest BCUT2D eigenvalue weighted by Gasteiger charge is -2.10. The molecule has 0 aliphatic carbocycles. The molecule has 0 radical (unpaired) electrons. The van der Waals surface area contributed by atoms with Crippen molar-refractivity contribution in [2.45, 2.75) is 18.2 Å². The molecule has 128 valence electrons. The molecule has 2 aromatic rings. The average Bonchev–Trinajstić information content (AvgIpc) is 2.53. The zero-order chi connectivity index (χ0) is 17.6. The predicted octanol–water partition coefficient (Wildman–Crippen LogP) is 2.60. The van der Waals surface area contributed by atoms with Gasteiger partial charge in [-0.3, -0.25) is 4.79 Å². The highest BCUT2D eigenvalue weighted by atomic mass is 32.2.